The molecule has 0 saturated carbocycles. The predicted octanol–water partition coefficient (Wildman–Crippen LogP) is 4.56. The fraction of sp³-hybridized carbons (Fsp3) is 0.0909. The minimum absolute atomic E-state index is 0.00606. The lowest BCUT2D eigenvalue weighted by Crippen LogP contribution is -2.16. The van der Waals surface area contributed by atoms with Crippen molar-refractivity contribution < 1.29 is 22.8 Å². The molecule has 2 aromatic heterocycles. The molecule has 0 aliphatic rings. The average molecular weight is 439 g/mol. The smallest absolute Gasteiger partial charge is 0.322 e. The van der Waals surface area contributed by atoms with Crippen LogP contribution in [-0.4, -0.2) is 26.6 Å². The molecule has 7 nitrogen and oxygen atoms in total. The van der Waals surface area contributed by atoms with E-state index in [0.717, 1.165) is 12.1 Å². The molecule has 0 atom stereocenters. The normalized spacial score (nSPS) is 11.4. The van der Waals surface area contributed by atoms with Crippen molar-refractivity contribution in [2.45, 2.75) is 13.1 Å². The molecular formula is C22H16F3N5O2. The molecule has 10 heteroatoms. The highest BCUT2D eigenvalue weighted by Crippen LogP contribution is 2.31. The zero-order valence-corrected chi connectivity index (χ0v) is 16.6. The molecule has 2 amide bonds. The highest BCUT2D eigenvalue weighted by Gasteiger charge is 2.30. The van der Waals surface area contributed by atoms with Crippen molar-refractivity contribution in [2.75, 3.05) is 10.6 Å². The molecule has 4 rings (SSSR count). The number of aromatic nitrogens is 3. The molecule has 0 aliphatic carbocycles. The van der Waals surface area contributed by atoms with Gasteiger partial charge in [-0.2, -0.15) is 13.2 Å². The SMILES string of the molecule is Cc1ccc(C(=O)Nc2cccc(C(F)(F)F)c2)cc1NC(=O)c1nnn2ccccc12. The van der Waals surface area contributed by atoms with Crippen molar-refractivity contribution >= 4 is 28.7 Å². The number of fused-ring (bicyclic) bond motifs is 1. The second kappa shape index (κ2) is 8.14. The van der Waals surface area contributed by atoms with Crippen LogP contribution in [0.25, 0.3) is 5.52 Å². The van der Waals surface area contributed by atoms with E-state index in [9.17, 15) is 22.8 Å². The summed E-state index contributed by atoms with van der Waals surface area (Å²) in [5.41, 5.74) is 0.981. The summed E-state index contributed by atoms with van der Waals surface area (Å²) in [6, 6.07) is 14.1. The summed E-state index contributed by atoms with van der Waals surface area (Å²) in [7, 11) is 0. The van der Waals surface area contributed by atoms with Gasteiger partial charge in [0.05, 0.1) is 11.1 Å². The minimum Gasteiger partial charge on any atom is -0.322 e. The zero-order valence-electron chi connectivity index (χ0n) is 16.6. The highest BCUT2D eigenvalue weighted by molar-refractivity contribution is 6.09. The Labute approximate surface area is 179 Å². The maximum Gasteiger partial charge on any atom is 0.416 e. The number of benzene rings is 2. The van der Waals surface area contributed by atoms with E-state index in [1.165, 1.54) is 28.8 Å². The number of nitrogens with one attached hydrogen (secondary N) is 2. The van der Waals surface area contributed by atoms with E-state index in [0.29, 0.717) is 16.8 Å². The van der Waals surface area contributed by atoms with E-state index < -0.39 is 23.6 Å². The van der Waals surface area contributed by atoms with Crippen LogP contribution in [0, 0.1) is 6.92 Å². The first-order valence-corrected chi connectivity index (χ1v) is 9.43. The van der Waals surface area contributed by atoms with Crippen LogP contribution >= 0.6 is 0 Å². The molecule has 4 aromatic rings. The number of hydrogen-bond donors (Lipinski definition) is 2. The predicted molar refractivity (Wildman–Crippen MR) is 112 cm³/mol. The van der Waals surface area contributed by atoms with E-state index in [1.807, 2.05) is 0 Å². The Hall–Kier alpha value is -4.21. The van der Waals surface area contributed by atoms with Crippen LogP contribution in [0.4, 0.5) is 24.5 Å². The molecule has 0 bridgehead atoms. The number of rotatable bonds is 4. The number of anilines is 2. The Bertz CT molecular complexity index is 1330. The maximum absolute atomic E-state index is 12.9. The number of nitrogens with zero attached hydrogens (tertiary/aromatic N) is 3. The van der Waals surface area contributed by atoms with Crippen LogP contribution in [0.5, 0.6) is 0 Å². The molecular weight excluding hydrogens is 423 g/mol. The number of hydrogen-bond acceptors (Lipinski definition) is 4. The topological polar surface area (TPSA) is 88.4 Å². The number of carbonyl (C=O) groups excluding carboxylic acids is 2. The first-order chi connectivity index (χ1) is 15.2. The Morgan fingerprint density at radius 2 is 1.75 bits per heavy atom. The molecule has 0 unspecified atom stereocenters. The monoisotopic (exact) mass is 439 g/mol. The van der Waals surface area contributed by atoms with Gasteiger partial charge >= 0.3 is 6.18 Å². The van der Waals surface area contributed by atoms with Crippen LogP contribution in [0.1, 0.15) is 32.0 Å². The molecule has 0 spiro atoms. The summed E-state index contributed by atoms with van der Waals surface area (Å²) >= 11 is 0. The van der Waals surface area contributed by atoms with Gasteiger partial charge in [-0.25, -0.2) is 4.52 Å². The molecule has 2 heterocycles. The second-order valence-electron chi connectivity index (χ2n) is 6.99. The van der Waals surface area contributed by atoms with Crippen molar-refractivity contribution in [2.24, 2.45) is 0 Å². The van der Waals surface area contributed by atoms with Crippen molar-refractivity contribution in [1.82, 2.24) is 14.8 Å². The fourth-order valence-corrected chi connectivity index (χ4v) is 3.06. The van der Waals surface area contributed by atoms with Gasteiger partial charge in [-0.1, -0.05) is 23.4 Å². The molecule has 0 saturated heterocycles. The molecule has 0 fully saturated rings. The number of halogens is 3. The first-order valence-electron chi connectivity index (χ1n) is 9.43. The first kappa shape index (κ1) is 21.0. The third-order valence-corrected chi connectivity index (χ3v) is 4.73. The molecule has 162 valence electrons. The van der Waals surface area contributed by atoms with Gasteiger partial charge in [-0.15, -0.1) is 5.10 Å². The third kappa shape index (κ3) is 4.29. The molecule has 2 aromatic carbocycles. The van der Waals surface area contributed by atoms with Gasteiger partial charge in [0.1, 0.15) is 0 Å². The minimum atomic E-state index is -4.52. The fourth-order valence-electron chi connectivity index (χ4n) is 3.06. The lowest BCUT2D eigenvalue weighted by molar-refractivity contribution is -0.137. The Kier molecular flexibility index (Phi) is 5.35. The standard InChI is InChI=1S/C22H16F3N5O2/c1-13-8-9-14(20(31)26-16-6-4-5-15(12-16)22(23,24)25)11-17(13)27-21(32)19-18-7-2-3-10-30(18)29-28-19/h2-12H,1H3,(H,26,31)(H,27,32). The van der Waals surface area contributed by atoms with Crippen LogP contribution in [0.15, 0.2) is 66.9 Å². The van der Waals surface area contributed by atoms with E-state index in [4.69, 9.17) is 0 Å². The molecule has 2 N–H and O–H groups in total. The van der Waals surface area contributed by atoms with Crippen LogP contribution < -0.4 is 10.6 Å². The Morgan fingerprint density at radius 3 is 2.53 bits per heavy atom. The number of aryl methyl sites for hydroxylation is 1. The van der Waals surface area contributed by atoms with E-state index in [-0.39, 0.29) is 16.9 Å². The number of amides is 2. The molecule has 0 aliphatic heterocycles. The summed E-state index contributed by atoms with van der Waals surface area (Å²) in [6.07, 6.45) is -2.86. The van der Waals surface area contributed by atoms with Crippen molar-refractivity contribution in [3.63, 3.8) is 0 Å². The Morgan fingerprint density at radius 1 is 0.938 bits per heavy atom. The van der Waals surface area contributed by atoms with Crippen LogP contribution in [0.2, 0.25) is 0 Å². The third-order valence-electron chi connectivity index (χ3n) is 4.73. The van der Waals surface area contributed by atoms with E-state index in [1.54, 1.807) is 37.4 Å². The van der Waals surface area contributed by atoms with Gasteiger partial charge in [0, 0.05) is 23.1 Å². The number of carbonyl (C=O) groups is 2. The Balaban J connectivity index is 1.55. The summed E-state index contributed by atoms with van der Waals surface area (Å²) in [5, 5.41) is 12.9. The van der Waals surface area contributed by atoms with Gasteiger partial charge in [0.25, 0.3) is 11.8 Å². The number of alkyl halides is 3. The average Bonchev–Trinajstić information content (AvgIpc) is 3.19. The molecule has 0 radical (unpaired) electrons. The van der Waals surface area contributed by atoms with E-state index in [2.05, 4.69) is 20.9 Å². The van der Waals surface area contributed by atoms with Gasteiger partial charge < -0.3 is 10.6 Å². The van der Waals surface area contributed by atoms with Crippen molar-refractivity contribution in [1.29, 1.82) is 0 Å². The summed E-state index contributed by atoms with van der Waals surface area (Å²) in [5.74, 6) is -1.13. The maximum atomic E-state index is 12.9. The number of pyridine rings is 1. The van der Waals surface area contributed by atoms with Gasteiger partial charge in [0.15, 0.2) is 5.69 Å². The quantitative estimate of drug-likeness (QED) is 0.488. The van der Waals surface area contributed by atoms with Crippen molar-refractivity contribution in [3.8, 4) is 0 Å². The zero-order chi connectivity index (χ0) is 22.9. The summed E-state index contributed by atoms with van der Waals surface area (Å²) in [6.45, 7) is 1.74. The van der Waals surface area contributed by atoms with Gasteiger partial charge in [-0.05, 0) is 55.0 Å². The van der Waals surface area contributed by atoms with Gasteiger partial charge in [0.2, 0.25) is 0 Å². The van der Waals surface area contributed by atoms with Gasteiger partial charge in [-0.3, -0.25) is 9.59 Å². The van der Waals surface area contributed by atoms with E-state index >= 15 is 0 Å². The molecule has 32 heavy (non-hydrogen) atoms. The second-order valence-corrected chi connectivity index (χ2v) is 6.99. The van der Waals surface area contributed by atoms with Crippen LogP contribution in [0.3, 0.4) is 0 Å². The van der Waals surface area contributed by atoms with Crippen molar-refractivity contribution in [3.05, 3.63) is 89.2 Å². The lowest BCUT2D eigenvalue weighted by atomic mass is 10.1. The summed E-state index contributed by atoms with van der Waals surface area (Å²) < 4.78 is 40.2. The lowest BCUT2D eigenvalue weighted by Gasteiger charge is -2.12. The summed E-state index contributed by atoms with van der Waals surface area (Å²) in [4.78, 5) is 25.3. The van der Waals surface area contributed by atoms with Crippen LogP contribution in [-0.2, 0) is 6.18 Å². The highest BCUT2D eigenvalue weighted by atomic mass is 19.4. The largest absolute Gasteiger partial charge is 0.416 e.